The van der Waals surface area contributed by atoms with E-state index < -0.39 is 0 Å². The van der Waals surface area contributed by atoms with E-state index >= 15 is 0 Å². The summed E-state index contributed by atoms with van der Waals surface area (Å²) >= 11 is 12.4. The van der Waals surface area contributed by atoms with E-state index in [2.05, 4.69) is 47.1 Å². The Morgan fingerprint density at radius 3 is 2.36 bits per heavy atom. The fraction of sp³-hybridized carbons (Fsp3) is 0.333. The molecule has 0 bridgehead atoms. The van der Waals surface area contributed by atoms with Crippen LogP contribution in [-0.2, 0) is 6.54 Å². The van der Waals surface area contributed by atoms with Gasteiger partial charge in [0.2, 0.25) is 0 Å². The summed E-state index contributed by atoms with van der Waals surface area (Å²) in [6, 6.07) is 14.4. The summed E-state index contributed by atoms with van der Waals surface area (Å²) in [4.78, 5) is 4.90. The molecule has 1 heterocycles. The molecule has 3 rings (SSSR count). The minimum absolute atomic E-state index is 0.637. The molecule has 1 saturated heterocycles. The summed E-state index contributed by atoms with van der Waals surface area (Å²) in [5.74, 6) is 0. The van der Waals surface area contributed by atoms with Crippen LogP contribution < -0.4 is 4.90 Å². The monoisotopic (exact) mass is 334 g/mol. The second-order valence-electron chi connectivity index (χ2n) is 5.76. The molecule has 0 atom stereocenters. The van der Waals surface area contributed by atoms with Gasteiger partial charge in [0.05, 0.1) is 10.0 Å². The number of hydrogen-bond acceptors (Lipinski definition) is 2. The van der Waals surface area contributed by atoms with Gasteiger partial charge in [-0.3, -0.25) is 4.90 Å². The first-order chi connectivity index (χ1) is 10.6. The molecule has 1 aliphatic heterocycles. The minimum atomic E-state index is 0.637. The first-order valence-electron chi connectivity index (χ1n) is 7.61. The van der Waals surface area contributed by atoms with Crippen molar-refractivity contribution in [3.63, 3.8) is 0 Å². The van der Waals surface area contributed by atoms with Crippen LogP contribution in [0.25, 0.3) is 0 Å². The number of hydrogen-bond donors (Lipinski definition) is 0. The van der Waals surface area contributed by atoms with Crippen molar-refractivity contribution in [3.8, 4) is 0 Å². The van der Waals surface area contributed by atoms with Crippen LogP contribution in [0.3, 0.4) is 0 Å². The number of piperazine rings is 1. The summed E-state index contributed by atoms with van der Waals surface area (Å²) in [5.41, 5.74) is 3.80. The standard InChI is InChI=1S/C18H20Cl2N2/c1-14-5-2-3-8-17(14)22-11-9-21(10-12-22)13-15-6-4-7-16(19)18(15)20/h2-8H,9-13H2,1H3. The molecule has 0 radical (unpaired) electrons. The molecule has 116 valence electrons. The lowest BCUT2D eigenvalue weighted by Gasteiger charge is -2.37. The third kappa shape index (κ3) is 3.40. The molecule has 0 N–H and O–H groups in total. The van der Waals surface area contributed by atoms with Gasteiger partial charge in [-0.15, -0.1) is 0 Å². The number of halogens is 2. The summed E-state index contributed by atoms with van der Waals surface area (Å²) in [5, 5.41) is 1.32. The summed E-state index contributed by atoms with van der Waals surface area (Å²) in [7, 11) is 0. The summed E-state index contributed by atoms with van der Waals surface area (Å²) in [6.07, 6.45) is 0. The van der Waals surface area contributed by atoms with Crippen molar-refractivity contribution >= 4 is 28.9 Å². The third-order valence-corrected chi connectivity index (χ3v) is 5.11. The highest BCUT2D eigenvalue weighted by molar-refractivity contribution is 6.42. The lowest BCUT2D eigenvalue weighted by molar-refractivity contribution is 0.250. The third-order valence-electron chi connectivity index (χ3n) is 4.25. The summed E-state index contributed by atoms with van der Waals surface area (Å²) in [6.45, 7) is 7.20. The van der Waals surface area contributed by atoms with E-state index in [-0.39, 0.29) is 0 Å². The number of nitrogens with zero attached hydrogens (tertiary/aromatic N) is 2. The number of rotatable bonds is 3. The minimum Gasteiger partial charge on any atom is -0.369 e. The zero-order valence-corrected chi connectivity index (χ0v) is 14.2. The van der Waals surface area contributed by atoms with Gasteiger partial charge in [-0.1, -0.05) is 53.5 Å². The highest BCUT2D eigenvalue weighted by Crippen LogP contribution is 2.27. The van der Waals surface area contributed by atoms with Crippen molar-refractivity contribution in [3.05, 3.63) is 63.6 Å². The second-order valence-corrected chi connectivity index (χ2v) is 6.55. The van der Waals surface area contributed by atoms with Crippen LogP contribution in [-0.4, -0.2) is 31.1 Å². The molecule has 0 aromatic heterocycles. The smallest absolute Gasteiger partial charge is 0.0637 e. The number of anilines is 1. The number of benzene rings is 2. The van der Waals surface area contributed by atoms with Crippen LogP contribution in [0, 0.1) is 6.92 Å². The first kappa shape index (κ1) is 15.7. The maximum absolute atomic E-state index is 6.29. The maximum Gasteiger partial charge on any atom is 0.0637 e. The van der Waals surface area contributed by atoms with Crippen LogP contribution in [0.1, 0.15) is 11.1 Å². The van der Waals surface area contributed by atoms with Crippen molar-refractivity contribution in [1.82, 2.24) is 4.90 Å². The fourth-order valence-electron chi connectivity index (χ4n) is 2.98. The molecule has 2 aromatic rings. The molecule has 2 aromatic carbocycles. The molecule has 0 saturated carbocycles. The van der Waals surface area contributed by atoms with E-state index in [4.69, 9.17) is 23.2 Å². The van der Waals surface area contributed by atoms with Gasteiger partial charge in [0.1, 0.15) is 0 Å². The molecule has 2 nitrogen and oxygen atoms in total. The molecule has 1 aliphatic rings. The average molecular weight is 335 g/mol. The van der Waals surface area contributed by atoms with Crippen LogP contribution in [0.15, 0.2) is 42.5 Å². The number of aryl methyl sites for hydroxylation is 1. The van der Waals surface area contributed by atoms with Crippen molar-refractivity contribution in [2.45, 2.75) is 13.5 Å². The van der Waals surface area contributed by atoms with E-state index in [1.165, 1.54) is 11.3 Å². The van der Waals surface area contributed by atoms with E-state index in [9.17, 15) is 0 Å². The lowest BCUT2D eigenvalue weighted by Crippen LogP contribution is -2.46. The quantitative estimate of drug-likeness (QED) is 0.807. The molecule has 1 fully saturated rings. The predicted molar refractivity (Wildman–Crippen MR) is 95.1 cm³/mol. The Bertz CT molecular complexity index is 649. The van der Waals surface area contributed by atoms with Crippen molar-refractivity contribution in [1.29, 1.82) is 0 Å². The Kier molecular flexibility index (Phi) is 4.92. The Morgan fingerprint density at radius 2 is 1.64 bits per heavy atom. The van der Waals surface area contributed by atoms with Gasteiger partial charge in [0.25, 0.3) is 0 Å². The van der Waals surface area contributed by atoms with Gasteiger partial charge in [-0.05, 0) is 30.2 Å². The fourth-order valence-corrected chi connectivity index (χ4v) is 3.36. The average Bonchev–Trinajstić information content (AvgIpc) is 2.53. The predicted octanol–water partition coefficient (Wildman–Crippen LogP) is 4.62. The van der Waals surface area contributed by atoms with Gasteiger partial charge in [-0.25, -0.2) is 0 Å². The maximum atomic E-state index is 6.29. The molecular weight excluding hydrogens is 315 g/mol. The molecule has 0 spiro atoms. The lowest BCUT2D eigenvalue weighted by atomic mass is 10.1. The largest absolute Gasteiger partial charge is 0.369 e. The highest BCUT2D eigenvalue weighted by atomic mass is 35.5. The van der Waals surface area contributed by atoms with Gasteiger partial charge in [0.15, 0.2) is 0 Å². The Labute approximate surface area is 142 Å². The van der Waals surface area contributed by atoms with E-state index in [1.807, 2.05) is 12.1 Å². The second kappa shape index (κ2) is 6.91. The Morgan fingerprint density at radius 1 is 0.909 bits per heavy atom. The van der Waals surface area contributed by atoms with E-state index in [0.717, 1.165) is 38.3 Å². The topological polar surface area (TPSA) is 6.48 Å². The Balaban J connectivity index is 1.63. The van der Waals surface area contributed by atoms with Crippen molar-refractivity contribution in [2.75, 3.05) is 31.1 Å². The molecule has 0 aliphatic carbocycles. The SMILES string of the molecule is Cc1ccccc1N1CCN(Cc2cccc(Cl)c2Cl)CC1. The van der Waals surface area contributed by atoms with E-state index in [1.54, 1.807) is 0 Å². The van der Waals surface area contributed by atoms with Gasteiger partial charge in [0, 0.05) is 38.4 Å². The highest BCUT2D eigenvalue weighted by Gasteiger charge is 2.19. The van der Waals surface area contributed by atoms with Crippen LogP contribution in [0.4, 0.5) is 5.69 Å². The Hall–Kier alpha value is -1.22. The van der Waals surface area contributed by atoms with Gasteiger partial charge >= 0.3 is 0 Å². The molecule has 22 heavy (non-hydrogen) atoms. The van der Waals surface area contributed by atoms with Gasteiger partial charge < -0.3 is 4.90 Å². The first-order valence-corrected chi connectivity index (χ1v) is 8.36. The zero-order chi connectivity index (χ0) is 15.5. The molecule has 0 unspecified atom stereocenters. The van der Waals surface area contributed by atoms with Crippen molar-refractivity contribution < 1.29 is 0 Å². The molecular formula is C18H20Cl2N2. The summed E-state index contributed by atoms with van der Waals surface area (Å²) < 4.78 is 0. The zero-order valence-electron chi connectivity index (χ0n) is 12.7. The number of para-hydroxylation sites is 1. The van der Waals surface area contributed by atoms with Crippen LogP contribution in [0.5, 0.6) is 0 Å². The van der Waals surface area contributed by atoms with Crippen LogP contribution in [0.2, 0.25) is 10.0 Å². The normalized spacial score (nSPS) is 16.0. The van der Waals surface area contributed by atoms with Gasteiger partial charge in [-0.2, -0.15) is 0 Å². The van der Waals surface area contributed by atoms with E-state index in [0.29, 0.717) is 10.0 Å². The molecule has 0 amide bonds. The van der Waals surface area contributed by atoms with Crippen molar-refractivity contribution in [2.24, 2.45) is 0 Å². The molecule has 4 heteroatoms. The van der Waals surface area contributed by atoms with Crippen LogP contribution >= 0.6 is 23.2 Å².